The van der Waals surface area contributed by atoms with Gasteiger partial charge >= 0.3 is 6.18 Å². The Bertz CT molecular complexity index is 1020. The minimum absolute atomic E-state index is 0.0277. The average Bonchev–Trinajstić information content (AvgIpc) is 2.89. The van der Waals surface area contributed by atoms with E-state index in [2.05, 4.69) is 28.1 Å². The summed E-state index contributed by atoms with van der Waals surface area (Å²) in [5.41, 5.74) is 2.80. The Morgan fingerprint density at radius 2 is 1.83 bits per heavy atom. The molecule has 0 saturated carbocycles. The molecule has 2 aliphatic rings. The summed E-state index contributed by atoms with van der Waals surface area (Å²) in [5, 5.41) is 3.29. The van der Waals surface area contributed by atoms with Crippen LogP contribution in [0.25, 0.3) is 0 Å². The van der Waals surface area contributed by atoms with Gasteiger partial charge in [0, 0.05) is 51.5 Å². The Balaban J connectivity index is 1.48. The third kappa shape index (κ3) is 6.78. The van der Waals surface area contributed by atoms with Crippen LogP contribution >= 0.6 is 0 Å². The zero-order valence-corrected chi connectivity index (χ0v) is 20.8. The number of likely N-dealkylation sites (N-methyl/N-ethyl adjacent to an activating group) is 1. The number of carbonyl (C=O) groups is 1. The molecule has 1 amide bonds. The number of morpholine rings is 1. The van der Waals surface area contributed by atoms with Crippen LogP contribution in [-0.4, -0.2) is 79.6 Å². The van der Waals surface area contributed by atoms with Crippen molar-refractivity contribution >= 4 is 11.6 Å². The molecule has 1 fully saturated rings. The van der Waals surface area contributed by atoms with E-state index in [9.17, 15) is 18.0 Å². The minimum Gasteiger partial charge on any atom is -0.379 e. The van der Waals surface area contributed by atoms with E-state index in [1.165, 1.54) is 23.3 Å². The normalized spacial score (nSPS) is 17.0. The maximum Gasteiger partial charge on any atom is 0.416 e. The van der Waals surface area contributed by atoms with Crippen LogP contribution in [0.2, 0.25) is 0 Å². The number of benzene rings is 2. The van der Waals surface area contributed by atoms with Crippen molar-refractivity contribution in [1.29, 1.82) is 0 Å². The molecule has 1 saturated heterocycles. The predicted molar refractivity (Wildman–Crippen MR) is 134 cm³/mol. The number of alkyl halides is 3. The molecule has 6 nitrogen and oxygen atoms in total. The van der Waals surface area contributed by atoms with Gasteiger partial charge in [0.2, 0.25) is 5.91 Å². The van der Waals surface area contributed by atoms with Gasteiger partial charge in [0.25, 0.3) is 0 Å². The van der Waals surface area contributed by atoms with E-state index in [1.54, 1.807) is 11.0 Å². The Morgan fingerprint density at radius 1 is 1.06 bits per heavy atom. The molecule has 0 atom stereocenters. The second-order valence-electron chi connectivity index (χ2n) is 9.34. The highest BCUT2D eigenvalue weighted by molar-refractivity contribution is 5.81. The summed E-state index contributed by atoms with van der Waals surface area (Å²) < 4.78 is 46.3. The number of fused-ring (bicyclic) bond motifs is 1. The minimum atomic E-state index is -4.47. The maximum absolute atomic E-state index is 13.6. The van der Waals surface area contributed by atoms with Gasteiger partial charge in [0.05, 0.1) is 25.3 Å². The number of hydrogen-bond donors (Lipinski definition) is 1. The summed E-state index contributed by atoms with van der Waals surface area (Å²) >= 11 is 0. The second-order valence-corrected chi connectivity index (χ2v) is 9.34. The monoisotopic (exact) mass is 504 g/mol. The van der Waals surface area contributed by atoms with Crippen molar-refractivity contribution < 1.29 is 22.7 Å². The quantitative estimate of drug-likeness (QED) is 0.562. The molecule has 0 radical (unpaired) electrons. The van der Waals surface area contributed by atoms with Crippen molar-refractivity contribution in [3.8, 4) is 0 Å². The third-order valence-corrected chi connectivity index (χ3v) is 7.06. The van der Waals surface area contributed by atoms with Crippen LogP contribution in [0.1, 0.15) is 29.2 Å². The number of nitrogens with one attached hydrogen (secondary N) is 1. The lowest BCUT2D eigenvalue weighted by molar-refractivity contribution is -0.139. The summed E-state index contributed by atoms with van der Waals surface area (Å²) in [7, 11) is 0. The van der Waals surface area contributed by atoms with E-state index in [1.807, 2.05) is 12.1 Å². The Kier molecular flexibility index (Phi) is 8.87. The molecule has 36 heavy (non-hydrogen) atoms. The van der Waals surface area contributed by atoms with Gasteiger partial charge in [-0.3, -0.25) is 14.6 Å². The lowest BCUT2D eigenvalue weighted by Crippen LogP contribution is -2.44. The first-order valence-corrected chi connectivity index (χ1v) is 12.6. The van der Waals surface area contributed by atoms with E-state index in [0.29, 0.717) is 26.3 Å². The van der Waals surface area contributed by atoms with Gasteiger partial charge in [0.15, 0.2) is 0 Å². The molecule has 2 aromatic carbocycles. The molecule has 2 aliphatic heterocycles. The zero-order valence-electron chi connectivity index (χ0n) is 20.8. The summed E-state index contributed by atoms with van der Waals surface area (Å²) in [6, 6.07) is 11.6. The number of anilines is 1. The SMILES string of the molecule is CCN1CCc2cccc(NCC(=O)N(CCN3CCOCC3)Cc3ccccc3C(F)(F)F)c2C1. The van der Waals surface area contributed by atoms with Gasteiger partial charge in [-0.05, 0) is 41.8 Å². The Hall–Kier alpha value is -2.62. The van der Waals surface area contributed by atoms with Gasteiger partial charge in [0.1, 0.15) is 0 Å². The van der Waals surface area contributed by atoms with Crippen LogP contribution in [0.3, 0.4) is 0 Å². The number of carbonyl (C=O) groups excluding carboxylic acids is 1. The van der Waals surface area contributed by atoms with Crippen LogP contribution in [0, 0.1) is 0 Å². The number of amides is 1. The Labute approximate surface area is 211 Å². The van der Waals surface area contributed by atoms with Crippen molar-refractivity contribution in [3.05, 3.63) is 64.7 Å². The van der Waals surface area contributed by atoms with Crippen LogP contribution in [0.5, 0.6) is 0 Å². The van der Waals surface area contributed by atoms with Gasteiger partial charge in [-0.25, -0.2) is 0 Å². The topological polar surface area (TPSA) is 48.1 Å². The van der Waals surface area contributed by atoms with E-state index < -0.39 is 11.7 Å². The average molecular weight is 505 g/mol. The molecule has 9 heteroatoms. The molecule has 196 valence electrons. The highest BCUT2D eigenvalue weighted by atomic mass is 19.4. The van der Waals surface area contributed by atoms with Gasteiger partial charge in [-0.1, -0.05) is 37.3 Å². The summed E-state index contributed by atoms with van der Waals surface area (Å²) in [6.45, 7) is 8.57. The smallest absolute Gasteiger partial charge is 0.379 e. The second kappa shape index (κ2) is 12.1. The first-order chi connectivity index (χ1) is 17.3. The van der Waals surface area contributed by atoms with Gasteiger partial charge in [-0.15, -0.1) is 0 Å². The van der Waals surface area contributed by atoms with Crippen LogP contribution in [0.4, 0.5) is 18.9 Å². The first kappa shape index (κ1) is 26.4. The van der Waals surface area contributed by atoms with E-state index in [4.69, 9.17) is 4.74 Å². The molecular weight excluding hydrogens is 469 g/mol. The molecule has 0 bridgehead atoms. The Morgan fingerprint density at radius 3 is 2.58 bits per heavy atom. The van der Waals surface area contributed by atoms with Gasteiger partial charge in [-0.2, -0.15) is 13.2 Å². The molecule has 0 aromatic heterocycles. The van der Waals surface area contributed by atoms with E-state index in [-0.39, 0.29) is 24.6 Å². The third-order valence-electron chi connectivity index (χ3n) is 7.06. The van der Waals surface area contributed by atoms with Crippen LogP contribution < -0.4 is 5.32 Å². The lowest BCUT2D eigenvalue weighted by Gasteiger charge is -2.31. The maximum atomic E-state index is 13.6. The highest BCUT2D eigenvalue weighted by Crippen LogP contribution is 2.32. The van der Waals surface area contributed by atoms with Crippen molar-refractivity contribution in [3.63, 3.8) is 0 Å². The number of hydrogen-bond acceptors (Lipinski definition) is 5. The summed E-state index contributed by atoms with van der Waals surface area (Å²) in [5.74, 6) is -0.221. The molecule has 2 heterocycles. The molecule has 4 rings (SSSR count). The van der Waals surface area contributed by atoms with Gasteiger partial charge < -0.3 is 15.0 Å². The van der Waals surface area contributed by atoms with Crippen molar-refractivity contribution in [1.82, 2.24) is 14.7 Å². The van der Waals surface area contributed by atoms with Crippen molar-refractivity contribution in [2.75, 3.05) is 64.3 Å². The van der Waals surface area contributed by atoms with E-state index >= 15 is 0 Å². The summed E-state index contributed by atoms with van der Waals surface area (Å²) in [4.78, 5) is 19.5. The predicted octanol–water partition coefficient (Wildman–Crippen LogP) is 3.86. The lowest BCUT2D eigenvalue weighted by atomic mass is 9.98. The molecule has 1 N–H and O–H groups in total. The van der Waals surface area contributed by atoms with E-state index in [0.717, 1.165) is 50.9 Å². The number of nitrogens with zero attached hydrogens (tertiary/aromatic N) is 3. The largest absolute Gasteiger partial charge is 0.416 e. The van der Waals surface area contributed by atoms with Crippen LogP contribution in [-0.2, 0) is 35.2 Å². The molecule has 0 spiro atoms. The molecular formula is C27H35F3N4O2. The highest BCUT2D eigenvalue weighted by Gasteiger charge is 2.33. The summed E-state index contributed by atoms with van der Waals surface area (Å²) in [6.07, 6.45) is -3.51. The molecule has 0 unspecified atom stereocenters. The van der Waals surface area contributed by atoms with Crippen LogP contribution in [0.15, 0.2) is 42.5 Å². The number of rotatable bonds is 9. The van der Waals surface area contributed by atoms with Crippen molar-refractivity contribution in [2.45, 2.75) is 32.6 Å². The fourth-order valence-electron chi connectivity index (χ4n) is 4.87. The fourth-order valence-corrected chi connectivity index (χ4v) is 4.87. The van der Waals surface area contributed by atoms with Crippen molar-refractivity contribution in [2.24, 2.45) is 0 Å². The fraction of sp³-hybridized carbons (Fsp3) is 0.519. The molecule has 0 aliphatic carbocycles. The number of halogens is 3. The zero-order chi connectivity index (χ0) is 25.5. The first-order valence-electron chi connectivity index (χ1n) is 12.6. The number of ether oxygens (including phenoxy) is 1. The molecule has 2 aromatic rings. The standard InChI is InChI=1S/C27H35F3N4O2/c1-2-32-11-10-21-7-5-9-25(23(21)20-32)31-18-26(35)34(13-12-33-14-16-36-17-15-33)19-22-6-3-4-8-24(22)27(28,29)30/h3-9,31H,2,10-20H2,1H3.